The summed E-state index contributed by atoms with van der Waals surface area (Å²) >= 11 is 6.01. The Labute approximate surface area is 116 Å². The number of hydrogen-bond acceptors (Lipinski definition) is 5. The van der Waals surface area contributed by atoms with Gasteiger partial charge in [0, 0.05) is 12.0 Å². The summed E-state index contributed by atoms with van der Waals surface area (Å²) in [6, 6.07) is 7.39. The van der Waals surface area contributed by atoms with E-state index in [-0.39, 0.29) is 5.54 Å². The summed E-state index contributed by atoms with van der Waals surface area (Å²) in [6.45, 7) is 3.10. The molecule has 104 valence electrons. The van der Waals surface area contributed by atoms with Gasteiger partial charge in [-0.05, 0) is 19.1 Å². The number of halogens is 1. The standard InChI is InChI=1S/C12H17ClN4O2/c1-12(8-19-11(15-12)16-17-14)6-7-18-10-5-3-2-4-9(10)13/h2-5,11,15H,6-8H2,1H3,(H2,14,16). The van der Waals surface area contributed by atoms with Crippen LogP contribution in [0, 0.1) is 0 Å². The van der Waals surface area contributed by atoms with Crippen molar-refractivity contribution in [3.05, 3.63) is 29.3 Å². The summed E-state index contributed by atoms with van der Waals surface area (Å²) in [7, 11) is 0. The van der Waals surface area contributed by atoms with Crippen molar-refractivity contribution < 1.29 is 9.47 Å². The fraction of sp³-hybridized carbons (Fsp3) is 0.500. The molecule has 0 bridgehead atoms. The molecule has 0 aromatic heterocycles. The number of nitrogens with two attached hydrogens (primary N) is 1. The van der Waals surface area contributed by atoms with Crippen LogP contribution in [0.5, 0.6) is 5.75 Å². The van der Waals surface area contributed by atoms with Crippen LogP contribution < -0.4 is 15.9 Å². The molecule has 3 N–H and O–H groups in total. The average Bonchev–Trinajstić information content (AvgIpc) is 2.74. The van der Waals surface area contributed by atoms with Gasteiger partial charge in [0.2, 0.25) is 6.35 Å². The first-order chi connectivity index (χ1) is 9.13. The van der Waals surface area contributed by atoms with Crippen LogP contribution in [-0.4, -0.2) is 25.1 Å². The molecule has 19 heavy (non-hydrogen) atoms. The van der Waals surface area contributed by atoms with Gasteiger partial charge < -0.3 is 15.3 Å². The van der Waals surface area contributed by atoms with Crippen molar-refractivity contribution in [2.75, 3.05) is 13.2 Å². The smallest absolute Gasteiger partial charge is 0.226 e. The first-order valence-electron chi connectivity index (χ1n) is 6.00. The minimum absolute atomic E-state index is 0.208. The molecule has 1 heterocycles. The average molecular weight is 285 g/mol. The van der Waals surface area contributed by atoms with Gasteiger partial charge in [-0.25, -0.2) is 0 Å². The minimum atomic E-state index is -0.477. The molecular weight excluding hydrogens is 268 g/mol. The molecule has 0 saturated carbocycles. The summed E-state index contributed by atoms with van der Waals surface area (Å²) in [4.78, 5) is 0. The Morgan fingerprint density at radius 2 is 2.37 bits per heavy atom. The largest absolute Gasteiger partial charge is 0.492 e. The Hall–Kier alpha value is -1.37. The van der Waals surface area contributed by atoms with E-state index in [4.69, 9.17) is 26.9 Å². The molecule has 0 radical (unpaired) electrons. The van der Waals surface area contributed by atoms with Crippen LogP contribution in [0.2, 0.25) is 5.02 Å². The van der Waals surface area contributed by atoms with Crippen LogP contribution in [-0.2, 0) is 4.74 Å². The molecule has 1 saturated heterocycles. The van der Waals surface area contributed by atoms with E-state index in [9.17, 15) is 0 Å². The van der Waals surface area contributed by atoms with Crippen molar-refractivity contribution in [1.82, 2.24) is 5.32 Å². The van der Waals surface area contributed by atoms with Crippen LogP contribution in [0.4, 0.5) is 0 Å². The lowest BCUT2D eigenvalue weighted by Gasteiger charge is -2.22. The molecule has 2 unspecified atom stereocenters. The predicted molar refractivity (Wildman–Crippen MR) is 71.9 cm³/mol. The maximum atomic E-state index is 6.01. The molecule has 1 aliphatic heterocycles. The first-order valence-corrected chi connectivity index (χ1v) is 6.37. The topological polar surface area (TPSA) is 81.2 Å². The Morgan fingerprint density at radius 1 is 1.58 bits per heavy atom. The maximum Gasteiger partial charge on any atom is 0.226 e. The van der Waals surface area contributed by atoms with Crippen molar-refractivity contribution in [3.63, 3.8) is 0 Å². The Morgan fingerprint density at radius 3 is 3.11 bits per heavy atom. The molecule has 1 aliphatic rings. The zero-order chi connectivity index (χ0) is 13.7. The van der Waals surface area contributed by atoms with Gasteiger partial charge in [0.1, 0.15) is 5.75 Å². The normalized spacial score (nSPS) is 26.9. The maximum absolute atomic E-state index is 6.01. The molecule has 0 aliphatic carbocycles. The van der Waals surface area contributed by atoms with Crippen molar-refractivity contribution in [2.45, 2.75) is 25.2 Å². The number of rotatable bonds is 5. The third-order valence-electron chi connectivity index (χ3n) is 2.95. The van der Waals surface area contributed by atoms with Gasteiger partial charge in [0.25, 0.3) is 0 Å². The third-order valence-corrected chi connectivity index (χ3v) is 3.26. The van der Waals surface area contributed by atoms with Crippen molar-refractivity contribution in [3.8, 4) is 5.75 Å². The van der Waals surface area contributed by atoms with Gasteiger partial charge >= 0.3 is 0 Å². The zero-order valence-corrected chi connectivity index (χ0v) is 11.4. The van der Waals surface area contributed by atoms with Crippen LogP contribution in [0.1, 0.15) is 13.3 Å². The molecule has 0 amide bonds. The van der Waals surface area contributed by atoms with E-state index in [2.05, 4.69) is 15.7 Å². The fourth-order valence-corrected chi connectivity index (χ4v) is 2.05. The van der Waals surface area contributed by atoms with E-state index >= 15 is 0 Å². The third kappa shape index (κ3) is 3.79. The second-order valence-corrected chi connectivity index (χ2v) is 5.04. The van der Waals surface area contributed by atoms with Gasteiger partial charge in [-0.15, -0.1) is 5.11 Å². The van der Waals surface area contributed by atoms with E-state index in [0.717, 1.165) is 6.42 Å². The molecular formula is C12H17ClN4O2. The molecule has 0 spiro atoms. The molecule has 6 nitrogen and oxygen atoms in total. The van der Waals surface area contributed by atoms with Gasteiger partial charge in [0.15, 0.2) is 0 Å². The molecule has 1 aromatic carbocycles. The highest BCUT2D eigenvalue weighted by Crippen LogP contribution is 2.25. The lowest BCUT2D eigenvalue weighted by molar-refractivity contribution is 0.0975. The number of benzene rings is 1. The van der Waals surface area contributed by atoms with E-state index in [1.54, 1.807) is 6.07 Å². The number of ether oxygens (including phenoxy) is 2. The quantitative estimate of drug-likeness (QED) is 0.493. The molecule has 1 aromatic rings. The van der Waals surface area contributed by atoms with Gasteiger partial charge in [-0.2, -0.15) is 0 Å². The lowest BCUT2D eigenvalue weighted by atomic mass is 10.0. The number of para-hydroxylation sites is 1. The summed E-state index contributed by atoms with van der Waals surface area (Å²) in [5.74, 6) is 5.67. The van der Waals surface area contributed by atoms with Crippen LogP contribution >= 0.6 is 11.6 Å². The summed E-state index contributed by atoms with van der Waals surface area (Å²) in [5.41, 5.74) is -0.208. The Kier molecular flexibility index (Phi) is 4.57. The highest BCUT2D eigenvalue weighted by Gasteiger charge is 2.35. The monoisotopic (exact) mass is 284 g/mol. The van der Waals surface area contributed by atoms with Gasteiger partial charge in [0.05, 0.1) is 18.2 Å². The van der Waals surface area contributed by atoms with Crippen molar-refractivity contribution in [2.24, 2.45) is 16.2 Å². The fourth-order valence-electron chi connectivity index (χ4n) is 1.86. The second-order valence-electron chi connectivity index (χ2n) is 4.63. The Balaban J connectivity index is 1.81. The summed E-state index contributed by atoms with van der Waals surface area (Å²) in [6.07, 6.45) is 0.282. The SMILES string of the molecule is CC1(CCOc2ccccc2Cl)COC(N=NN)N1. The van der Waals surface area contributed by atoms with Crippen LogP contribution in [0.15, 0.2) is 34.6 Å². The van der Waals surface area contributed by atoms with Gasteiger partial charge in [-0.3, -0.25) is 5.32 Å². The van der Waals surface area contributed by atoms with E-state index < -0.39 is 6.35 Å². The van der Waals surface area contributed by atoms with E-state index in [0.29, 0.717) is 24.0 Å². The molecule has 2 rings (SSSR count). The number of nitrogens with one attached hydrogen (secondary N) is 1. The summed E-state index contributed by atoms with van der Waals surface area (Å²) in [5, 5.41) is 10.7. The van der Waals surface area contributed by atoms with Crippen LogP contribution in [0.25, 0.3) is 0 Å². The molecule has 7 heteroatoms. The Bertz CT molecular complexity index is 457. The van der Waals surface area contributed by atoms with Crippen molar-refractivity contribution >= 4 is 11.6 Å². The number of hydrogen-bond donors (Lipinski definition) is 2. The summed E-state index contributed by atoms with van der Waals surface area (Å²) < 4.78 is 11.1. The highest BCUT2D eigenvalue weighted by molar-refractivity contribution is 6.32. The van der Waals surface area contributed by atoms with E-state index in [1.165, 1.54) is 0 Å². The highest BCUT2D eigenvalue weighted by atomic mass is 35.5. The first kappa shape index (κ1) is 14.0. The molecule has 2 atom stereocenters. The zero-order valence-electron chi connectivity index (χ0n) is 10.7. The van der Waals surface area contributed by atoms with Crippen LogP contribution in [0.3, 0.4) is 0 Å². The van der Waals surface area contributed by atoms with Gasteiger partial charge in [-0.1, -0.05) is 29.0 Å². The lowest BCUT2D eigenvalue weighted by Crippen LogP contribution is -2.42. The predicted octanol–water partition coefficient (Wildman–Crippen LogP) is 2.10. The van der Waals surface area contributed by atoms with E-state index in [1.807, 2.05) is 25.1 Å². The molecule has 1 fully saturated rings. The van der Waals surface area contributed by atoms with Crippen molar-refractivity contribution in [1.29, 1.82) is 0 Å². The second kappa shape index (κ2) is 6.18. The number of nitrogens with zero attached hydrogens (tertiary/aromatic N) is 2. The minimum Gasteiger partial charge on any atom is -0.492 e.